The summed E-state index contributed by atoms with van der Waals surface area (Å²) in [6.07, 6.45) is 2.23. The second kappa shape index (κ2) is 4.40. The van der Waals surface area contributed by atoms with E-state index in [9.17, 15) is 0 Å². The number of methoxy groups -OCH3 is 2. The molecular weight excluding hydrogens is 200 g/mol. The third-order valence-electron chi connectivity index (χ3n) is 3.38. The van der Waals surface area contributed by atoms with Crippen molar-refractivity contribution in [2.45, 2.75) is 12.3 Å². The van der Waals surface area contributed by atoms with E-state index in [0.29, 0.717) is 13.2 Å². The Morgan fingerprint density at radius 3 is 2.31 bits per heavy atom. The molecule has 1 aliphatic carbocycles. The van der Waals surface area contributed by atoms with Gasteiger partial charge in [-0.15, -0.1) is 0 Å². The molecule has 2 rings (SSSR count). The Morgan fingerprint density at radius 2 is 1.69 bits per heavy atom. The highest BCUT2D eigenvalue weighted by molar-refractivity contribution is 5.69. The minimum atomic E-state index is -0.0971. The molecule has 0 unspecified atom stereocenters. The number of fused-ring (bicyclic) bond motifs is 1. The Hall–Kier alpha value is -1.12. The standard InChI is InChI=1S/C14H18O2/c1-11-8-12-6-4-5-7-13(12)14(11,9-15-2)10-16-3/h4-8H,9-10H2,1-3H3. The van der Waals surface area contributed by atoms with Crippen molar-refractivity contribution in [2.24, 2.45) is 0 Å². The Bertz CT molecular complexity index is 401. The molecule has 1 aromatic rings. The van der Waals surface area contributed by atoms with Gasteiger partial charge in [-0.25, -0.2) is 0 Å². The summed E-state index contributed by atoms with van der Waals surface area (Å²) in [6.45, 7) is 3.48. The van der Waals surface area contributed by atoms with Gasteiger partial charge in [0.1, 0.15) is 0 Å². The van der Waals surface area contributed by atoms with Crippen molar-refractivity contribution in [3.05, 3.63) is 41.0 Å². The first-order chi connectivity index (χ1) is 7.74. The smallest absolute Gasteiger partial charge is 0.0635 e. The van der Waals surface area contributed by atoms with Crippen molar-refractivity contribution in [1.29, 1.82) is 0 Å². The summed E-state index contributed by atoms with van der Waals surface area (Å²) < 4.78 is 10.8. The fraction of sp³-hybridized carbons (Fsp3) is 0.429. The van der Waals surface area contributed by atoms with Crippen LogP contribution in [0.15, 0.2) is 29.8 Å². The monoisotopic (exact) mass is 218 g/mol. The molecule has 2 heteroatoms. The lowest BCUT2D eigenvalue weighted by Crippen LogP contribution is -2.36. The van der Waals surface area contributed by atoms with Crippen LogP contribution >= 0.6 is 0 Å². The molecule has 1 aromatic carbocycles. The van der Waals surface area contributed by atoms with Crippen LogP contribution in [0.5, 0.6) is 0 Å². The van der Waals surface area contributed by atoms with E-state index in [-0.39, 0.29) is 5.41 Å². The van der Waals surface area contributed by atoms with E-state index in [4.69, 9.17) is 9.47 Å². The van der Waals surface area contributed by atoms with Crippen LogP contribution in [-0.4, -0.2) is 27.4 Å². The summed E-state index contributed by atoms with van der Waals surface area (Å²) >= 11 is 0. The lowest BCUT2D eigenvalue weighted by molar-refractivity contribution is 0.0792. The van der Waals surface area contributed by atoms with Crippen molar-refractivity contribution in [2.75, 3.05) is 27.4 Å². The zero-order valence-electron chi connectivity index (χ0n) is 10.1. The van der Waals surface area contributed by atoms with E-state index >= 15 is 0 Å². The molecule has 0 amide bonds. The second-order valence-corrected chi connectivity index (χ2v) is 4.36. The van der Waals surface area contributed by atoms with Crippen LogP contribution in [0, 0.1) is 0 Å². The SMILES string of the molecule is COCC1(COC)C(C)=Cc2ccccc21. The van der Waals surface area contributed by atoms with E-state index in [2.05, 4.69) is 37.3 Å². The average Bonchev–Trinajstić information content (AvgIpc) is 2.54. The number of rotatable bonds is 4. The summed E-state index contributed by atoms with van der Waals surface area (Å²) in [7, 11) is 3.48. The summed E-state index contributed by atoms with van der Waals surface area (Å²) in [4.78, 5) is 0. The van der Waals surface area contributed by atoms with E-state index in [1.165, 1.54) is 16.7 Å². The van der Waals surface area contributed by atoms with Crippen LogP contribution in [0.3, 0.4) is 0 Å². The zero-order chi connectivity index (χ0) is 11.6. The van der Waals surface area contributed by atoms with Gasteiger partial charge in [0.05, 0.1) is 18.6 Å². The lowest BCUT2D eigenvalue weighted by atomic mass is 9.79. The lowest BCUT2D eigenvalue weighted by Gasteiger charge is -2.31. The number of hydrogen-bond donors (Lipinski definition) is 0. The highest BCUT2D eigenvalue weighted by atomic mass is 16.5. The van der Waals surface area contributed by atoms with Gasteiger partial charge in [0.15, 0.2) is 0 Å². The van der Waals surface area contributed by atoms with Gasteiger partial charge in [-0.05, 0) is 18.1 Å². The van der Waals surface area contributed by atoms with Crippen LogP contribution in [-0.2, 0) is 14.9 Å². The molecule has 16 heavy (non-hydrogen) atoms. The molecule has 0 spiro atoms. The van der Waals surface area contributed by atoms with Crippen molar-refractivity contribution in [3.8, 4) is 0 Å². The first-order valence-electron chi connectivity index (χ1n) is 5.51. The van der Waals surface area contributed by atoms with Gasteiger partial charge in [0.2, 0.25) is 0 Å². The molecule has 1 aliphatic rings. The minimum Gasteiger partial charge on any atom is -0.383 e. The molecule has 0 bridgehead atoms. The maximum atomic E-state index is 5.39. The molecule has 0 aliphatic heterocycles. The van der Waals surface area contributed by atoms with Crippen molar-refractivity contribution in [1.82, 2.24) is 0 Å². The molecular formula is C14H18O2. The Morgan fingerprint density at radius 1 is 1.06 bits per heavy atom. The van der Waals surface area contributed by atoms with Gasteiger partial charge in [-0.1, -0.05) is 35.9 Å². The van der Waals surface area contributed by atoms with Gasteiger partial charge in [-0.3, -0.25) is 0 Å². The largest absolute Gasteiger partial charge is 0.383 e. The van der Waals surface area contributed by atoms with Crippen LogP contribution < -0.4 is 0 Å². The topological polar surface area (TPSA) is 18.5 Å². The van der Waals surface area contributed by atoms with Gasteiger partial charge >= 0.3 is 0 Å². The fourth-order valence-corrected chi connectivity index (χ4v) is 2.56. The number of ether oxygens (including phenoxy) is 2. The first-order valence-corrected chi connectivity index (χ1v) is 5.51. The number of benzene rings is 1. The Kier molecular flexibility index (Phi) is 3.13. The van der Waals surface area contributed by atoms with E-state index < -0.39 is 0 Å². The molecule has 0 radical (unpaired) electrons. The van der Waals surface area contributed by atoms with E-state index in [1.54, 1.807) is 14.2 Å². The van der Waals surface area contributed by atoms with Crippen LogP contribution in [0.4, 0.5) is 0 Å². The fourth-order valence-electron chi connectivity index (χ4n) is 2.56. The molecule has 0 atom stereocenters. The first kappa shape index (κ1) is 11.4. The van der Waals surface area contributed by atoms with Crippen molar-refractivity contribution >= 4 is 6.08 Å². The summed E-state index contributed by atoms with van der Waals surface area (Å²) in [5.74, 6) is 0. The Labute approximate surface area is 96.9 Å². The number of hydrogen-bond acceptors (Lipinski definition) is 2. The average molecular weight is 218 g/mol. The van der Waals surface area contributed by atoms with Crippen LogP contribution in [0.25, 0.3) is 6.08 Å². The minimum absolute atomic E-state index is 0.0971. The molecule has 0 N–H and O–H groups in total. The van der Waals surface area contributed by atoms with E-state index in [1.807, 2.05) is 0 Å². The van der Waals surface area contributed by atoms with Crippen molar-refractivity contribution < 1.29 is 9.47 Å². The third kappa shape index (κ3) is 1.58. The summed E-state index contributed by atoms with van der Waals surface area (Å²) in [5, 5.41) is 0. The summed E-state index contributed by atoms with van der Waals surface area (Å²) in [6, 6.07) is 8.45. The summed E-state index contributed by atoms with van der Waals surface area (Å²) in [5.41, 5.74) is 3.82. The van der Waals surface area contributed by atoms with Gasteiger partial charge in [-0.2, -0.15) is 0 Å². The van der Waals surface area contributed by atoms with Crippen LogP contribution in [0.2, 0.25) is 0 Å². The van der Waals surface area contributed by atoms with Crippen LogP contribution in [0.1, 0.15) is 18.1 Å². The van der Waals surface area contributed by atoms with Gasteiger partial charge < -0.3 is 9.47 Å². The van der Waals surface area contributed by atoms with Gasteiger partial charge in [0.25, 0.3) is 0 Å². The molecule has 0 heterocycles. The quantitative estimate of drug-likeness (QED) is 0.773. The maximum Gasteiger partial charge on any atom is 0.0635 e. The Balaban J connectivity index is 2.49. The molecule has 2 nitrogen and oxygen atoms in total. The predicted molar refractivity (Wildman–Crippen MR) is 65.5 cm³/mol. The molecule has 0 saturated carbocycles. The van der Waals surface area contributed by atoms with Gasteiger partial charge in [0, 0.05) is 14.2 Å². The highest BCUT2D eigenvalue weighted by Gasteiger charge is 2.39. The molecule has 0 aromatic heterocycles. The molecule has 0 saturated heterocycles. The second-order valence-electron chi connectivity index (χ2n) is 4.36. The predicted octanol–water partition coefficient (Wildman–Crippen LogP) is 2.63. The third-order valence-corrected chi connectivity index (χ3v) is 3.38. The maximum absolute atomic E-state index is 5.39. The van der Waals surface area contributed by atoms with E-state index in [0.717, 1.165) is 0 Å². The molecule has 86 valence electrons. The zero-order valence-corrected chi connectivity index (χ0v) is 10.1. The molecule has 0 fully saturated rings. The normalized spacial score (nSPS) is 17.1. The van der Waals surface area contributed by atoms with Crippen molar-refractivity contribution in [3.63, 3.8) is 0 Å². The highest BCUT2D eigenvalue weighted by Crippen LogP contribution is 2.41.